The number of piperidine rings is 3. The maximum atomic E-state index is 12.4. The van der Waals surface area contributed by atoms with Gasteiger partial charge in [0.1, 0.15) is 17.3 Å². The Bertz CT molecular complexity index is 1100. The van der Waals surface area contributed by atoms with Crippen molar-refractivity contribution in [2.45, 2.75) is 31.7 Å². The number of anilines is 1. The molecule has 3 saturated heterocycles. The summed E-state index contributed by atoms with van der Waals surface area (Å²) in [5.41, 5.74) is 2.67. The largest absolute Gasteiger partial charge is 0.497 e. The van der Waals surface area contributed by atoms with E-state index in [-0.39, 0.29) is 6.03 Å². The fraction of sp³-hybridized carbons (Fsp3) is 0.400. The first-order chi connectivity index (χ1) is 16.1. The van der Waals surface area contributed by atoms with Crippen LogP contribution in [0.25, 0.3) is 11.5 Å². The van der Waals surface area contributed by atoms with Gasteiger partial charge in [-0.2, -0.15) is 0 Å². The minimum atomic E-state index is -0.186. The highest BCUT2D eigenvalue weighted by molar-refractivity contribution is 5.89. The lowest BCUT2D eigenvalue weighted by atomic mass is 9.74. The first-order valence-electron chi connectivity index (χ1n) is 11.4. The van der Waals surface area contributed by atoms with Gasteiger partial charge in [-0.15, -0.1) is 0 Å². The summed E-state index contributed by atoms with van der Waals surface area (Å²) in [5, 5.41) is 5.93. The van der Waals surface area contributed by atoms with Crippen LogP contribution in [0.4, 0.5) is 10.5 Å². The second-order valence-corrected chi connectivity index (χ2v) is 8.81. The Morgan fingerprint density at radius 1 is 1.24 bits per heavy atom. The van der Waals surface area contributed by atoms with Gasteiger partial charge in [0, 0.05) is 36.4 Å². The topological polar surface area (TPSA) is 92.5 Å². The van der Waals surface area contributed by atoms with Gasteiger partial charge in [-0.25, -0.2) is 14.8 Å². The molecule has 2 aromatic heterocycles. The minimum absolute atomic E-state index is 0.186. The Kier molecular flexibility index (Phi) is 6.00. The summed E-state index contributed by atoms with van der Waals surface area (Å²) in [7, 11) is 1.62. The monoisotopic (exact) mass is 447 g/mol. The number of urea groups is 1. The molecule has 1 unspecified atom stereocenters. The van der Waals surface area contributed by atoms with Crippen molar-refractivity contribution in [3.63, 3.8) is 0 Å². The van der Waals surface area contributed by atoms with Crippen molar-refractivity contribution in [2.24, 2.45) is 5.92 Å². The molecule has 0 aliphatic carbocycles. The van der Waals surface area contributed by atoms with Gasteiger partial charge >= 0.3 is 6.03 Å². The minimum Gasteiger partial charge on any atom is -0.497 e. The lowest BCUT2D eigenvalue weighted by Gasteiger charge is -2.49. The van der Waals surface area contributed by atoms with Crippen molar-refractivity contribution in [3.05, 3.63) is 60.2 Å². The number of methoxy groups -OCH3 is 1. The molecule has 2 amide bonds. The number of carbonyl (C=O) groups excluding carboxylic acids is 1. The Balaban J connectivity index is 1.20. The van der Waals surface area contributed by atoms with Gasteiger partial charge in [0.25, 0.3) is 0 Å². The molecule has 2 bridgehead atoms. The van der Waals surface area contributed by atoms with E-state index in [1.165, 1.54) is 0 Å². The van der Waals surface area contributed by atoms with E-state index in [4.69, 9.17) is 14.1 Å². The Morgan fingerprint density at radius 3 is 2.79 bits per heavy atom. The molecule has 0 radical (unpaired) electrons. The van der Waals surface area contributed by atoms with Crippen molar-refractivity contribution in [2.75, 3.05) is 32.1 Å². The predicted molar refractivity (Wildman–Crippen MR) is 125 cm³/mol. The Labute approximate surface area is 193 Å². The second kappa shape index (κ2) is 9.23. The average molecular weight is 448 g/mol. The number of ether oxygens (including phenoxy) is 1. The molecule has 33 heavy (non-hydrogen) atoms. The first-order valence-corrected chi connectivity index (χ1v) is 11.4. The van der Waals surface area contributed by atoms with Gasteiger partial charge in [0.15, 0.2) is 5.76 Å². The summed E-state index contributed by atoms with van der Waals surface area (Å²) < 4.78 is 10.7. The lowest BCUT2D eigenvalue weighted by Crippen LogP contribution is -2.56. The van der Waals surface area contributed by atoms with Crippen LogP contribution in [0.15, 0.2) is 53.1 Å². The Morgan fingerprint density at radius 2 is 2.09 bits per heavy atom. The number of nitrogens with one attached hydrogen (secondary N) is 2. The summed E-state index contributed by atoms with van der Waals surface area (Å²) in [5.74, 6) is 3.22. The molecule has 0 spiro atoms. The standard InChI is InChI=1S/C25H29N5O3/c1-16-27-22(13-23(28-16)24-4-3-11-33-24)21-15-30-10-9-17(21)12-19(30)14-26-25(31)29-18-5-7-20(32-2)8-6-18/h3-8,11,13,17,19,21H,9-10,12,14-15H2,1-2H3,(H2,26,29,31)/t17-,19+,21+/m0/s1. The summed E-state index contributed by atoms with van der Waals surface area (Å²) in [6.45, 7) is 4.57. The van der Waals surface area contributed by atoms with Crippen molar-refractivity contribution < 1.29 is 13.9 Å². The number of fused-ring (bicyclic) bond motifs is 3. The van der Waals surface area contributed by atoms with E-state index in [1.54, 1.807) is 13.4 Å². The summed E-state index contributed by atoms with van der Waals surface area (Å²) >= 11 is 0. The SMILES string of the molecule is COc1ccc(NC(=O)NC[C@H]2C[C@@H]3CCN2C[C@H]3c2cc(-c3ccco3)nc(C)n2)cc1. The summed E-state index contributed by atoms with van der Waals surface area (Å²) in [6, 6.07) is 13.4. The number of aryl methyl sites for hydroxylation is 1. The lowest BCUT2D eigenvalue weighted by molar-refractivity contribution is 0.0307. The van der Waals surface area contributed by atoms with E-state index in [1.807, 2.05) is 43.3 Å². The van der Waals surface area contributed by atoms with Crippen molar-refractivity contribution in [1.29, 1.82) is 0 Å². The molecule has 8 heteroatoms. The molecular weight excluding hydrogens is 418 g/mol. The number of aromatic nitrogens is 2. The van der Waals surface area contributed by atoms with Gasteiger partial charge in [0.2, 0.25) is 0 Å². The van der Waals surface area contributed by atoms with Gasteiger partial charge in [-0.3, -0.25) is 4.90 Å². The third-order valence-corrected chi connectivity index (χ3v) is 6.74. The predicted octanol–water partition coefficient (Wildman–Crippen LogP) is 4.05. The third-order valence-electron chi connectivity index (χ3n) is 6.74. The average Bonchev–Trinajstić information content (AvgIpc) is 3.38. The number of hydrogen-bond donors (Lipinski definition) is 2. The quantitative estimate of drug-likeness (QED) is 0.592. The van der Waals surface area contributed by atoms with E-state index >= 15 is 0 Å². The number of nitrogens with zero attached hydrogens (tertiary/aromatic N) is 3. The molecule has 1 aromatic carbocycles. The van der Waals surface area contributed by atoms with Crippen molar-refractivity contribution >= 4 is 11.7 Å². The van der Waals surface area contributed by atoms with Gasteiger partial charge in [0.05, 0.1) is 13.4 Å². The number of carbonyl (C=O) groups is 1. The maximum Gasteiger partial charge on any atom is 0.319 e. The van der Waals surface area contributed by atoms with E-state index < -0.39 is 0 Å². The number of furan rings is 1. The first kappa shape index (κ1) is 21.5. The zero-order valence-electron chi connectivity index (χ0n) is 19.0. The fourth-order valence-electron chi connectivity index (χ4n) is 5.08. The molecule has 3 aliphatic heterocycles. The highest BCUT2D eigenvalue weighted by Gasteiger charge is 2.41. The zero-order chi connectivity index (χ0) is 22.8. The van der Waals surface area contributed by atoms with Crippen LogP contribution < -0.4 is 15.4 Å². The van der Waals surface area contributed by atoms with Crippen LogP contribution >= 0.6 is 0 Å². The van der Waals surface area contributed by atoms with Crippen molar-refractivity contribution in [1.82, 2.24) is 20.2 Å². The van der Waals surface area contributed by atoms with Crippen LogP contribution in [0.2, 0.25) is 0 Å². The molecule has 0 saturated carbocycles. The smallest absolute Gasteiger partial charge is 0.319 e. The van der Waals surface area contributed by atoms with E-state index in [0.717, 1.165) is 60.3 Å². The van der Waals surface area contributed by atoms with Crippen LogP contribution in [-0.2, 0) is 0 Å². The van der Waals surface area contributed by atoms with Crippen molar-refractivity contribution in [3.8, 4) is 17.2 Å². The number of rotatable bonds is 6. The third kappa shape index (κ3) is 4.71. The molecule has 3 fully saturated rings. The van der Waals surface area contributed by atoms with Gasteiger partial charge in [-0.05, 0) is 74.7 Å². The van der Waals surface area contributed by atoms with Crippen LogP contribution in [-0.4, -0.2) is 53.7 Å². The molecule has 6 rings (SSSR count). The molecule has 8 nitrogen and oxygen atoms in total. The molecule has 5 heterocycles. The van der Waals surface area contributed by atoms with E-state index in [0.29, 0.717) is 24.4 Å². The number of hydrogen-bond acceptors (Lipinski definition) is 6. The normalized spacial score (nSPS) is 23.8. The summed E-state index contributed by atoms with van der Waals surface area (Å²) in [4.78, 5) is 24.2. The molecule has 172 valence electrons. The fourth-order valence-corrected chi connectivity index (χ4v) is 5.08. The highest BCUT2D eigenvalue weighted by atomic mass is 16.5. The molecule has 3 aromatic rings. The van der Waals surface area contributed by atoms with Crippen LogP contribution in [0.3, 0.4) is 0 Å². The Hall–Kier alpha value is -3.39. The van der Waals surface area contributed by atoms with Crippen LogP contribution in [0, 0.1) is 12.8 Å². The number of amides is 2. The number of benzene rings is 1. The molecule has 3 aliphatic rings. The highest BCUT2D eigenvalue weighted by Crippen LogP contribution is 2.41. The summed E-state index contributed by atoms with van der Waals surface area (Å²) in [6.07, 6.45) is 3.87. The maximum absolute atomic E-state index is 12.4. The van der Waals surface area contributed by atoms with Crippen LogP contribution in [0.5, 0.6) is 5.75 Å². The van der Waals surface area contributed by atoms with E-state index in [2.05, 4.69) is 26.6 Å². The molecule has 4 atom stereocenters. The molecule has 2 N–H and O–H groups in total. The zero-order valence-corrected chi connectivity index (χ0v) is 19.0. The second-order valence-electron chi connectivity index (χ2n) is 8.81. The van der Waals surface area contributed by atoms with E-state index in [9.17, 15) is 4.79 Å². The van der Waals surface area contributed by atoms with Gasteiger partial charge < -0.3 is 19.8 Å². The molecular formula is C25H29N5O3. The van der Waals surface area contributed by atoms with Gasteiger partial charge in [-0.1, -0.05) is 0 Å². The van der Waals surface area contributed by atoms with Crippen LogP contribution in [0.1, 0.15) is 30.3 Å².